The van der Waals surface area contributed by atoms with E-state index in [4.69, 9.17) is 9.97 Å². The van der Waals surface area contributed by atoms with E-state index in [1.165, 1.54) is 74.3 Å². The van der Waals surface area contributed by atoms with Crippen LogP contribution in [0.4, 0.5) is 0 Å². The molecule has 0 fully saturated rings. The lowest BCUT2D eigenvalue weighted by Crippen LogP contribution is -1.97. The number of benzene rings is 9. The van der Waals surface area contributed by atoms with Crippen LogP contribution in [-0.2, 0) is 0 Å². The molecule has 3 nitrogen and oxygen atoms in total. The highest BCUT2D eigenvalue weighted by Crippen LogP contribution is 2.51. The third-order valence-corrected chi connectivity index (χ3v) is 12.6. The second-order valence-electron chi connectivity index (χ2n) is 14.5. The lowest BCUT2D eigenvalue weighted by molar-refractivity contribution is 1.17. The predicted molar refractivity (Wildman–Crippen MR) is 238 cm³/mol. The minimum Gasteiger partial charge on any atom is -0.308 e. The molecule has 0 aliphatic carbocycles. The van der Waals surface area contributed by atoms with Crippen LogP contribution in [0.3, 0.4) is 0 Å². The Balaban J connectivity index is 1.15. The summed E-state index contributed by atoms with van der Waals surface area (Å²) < 4.78 is 5.13. The molecule has 56 heavy (non-hydrogen) atoms. The number of thiophene rings is 1. The van der Waals surface area contributed by atoms with Crippen LogP contribution in [0, 0.1) is 0 Å². The third kappa shape index (κ3) is 4.57. The Morgan fingerprint density at radius 1 is 0.357 bits per heavy atom. The van der Waals surface area contributed by atoms with Crippen molar-refractivity contribution in [1.82, 2.24) is 14.5 Å². The van der Waals surface area contributed by atoms with E-state index in [1.807, 2.05) is 23.5 Å². The lowest BCUT2D eigenvalue weighted by Gasteiger charge is -2.12. The van der Waals surface area contributed by atoms with E-state index >= 15 is 0 Å². The van der Waals surface area contributed by atoms with Crippen molar-refractivity contribution in [2.45, 2.75) is 0 Å². The van der Waals surface area contributed by atoms with Crippen LogP contribution in [0.2, 0.25) is 0 Å². The molecule has 0 saturated carbocycles. The SMILES string of the molecule is c1ccc(-c2cc(-c3ccccc3)nc(-c3ccc(-n4c5ccccc5c5c6ccccc6c6c(sc7c8ccccc8c8ccccc8c76)c54)cc3)n2)cc1. The summed E-state index contributed by atoms with van der Waals surface area (Å²) in [5, 5.41) is 13.0. The van der Waals surface area contributed by atoms with Gasteiger partial charge in [0.05, 0.1) is 27.1 Å². The molecule has 0 aliphatic rings. The molecule has 0 aliphatic heterocycles. The number of hydrogen-bond acceptors (Lipinski definition) is 3. The van der Waals surface area contributed by atoms with Crippen molar-refractivity contribution < 1.29 is 0 Å². The first-order valence-electron chi connectivity index (χ1n) is 19.0. The second-order valence-corrected chi connectivity index (χ2v) is 15.5. The lowest BCUT2D eigenvalue weighted by atomic mass is 9.94. The zero-order valence-corrected chi connectivity index (χ0v) is 31.0. The van der Waals surface area contributed by atoms with Gasteiger partial charge >= 0.3 is 0 Å². The number of nitrogens with zero attached hydrogens (tertiary/aromatic N) is 3. The minimum atomic E-state index is 0.704. The average Bonchev–Trinajstić information content (AvgIpc) is 3.85. The molecule has 0 N–H and O–H groups in total. The van der Waals surface area contributed by atoms with Crippen LogP contribution in [0.25, 0.3) is 114 Å². The van der Waals surface area contributed by atoms with Gasteiger partial charge in [-0.25, -0.2) is 9.97 Å². The van der Waals surface area contributed by atoms with E-state index in [0.717, 1.165) is 33.8 Å². The smallest absolute Gasteiger partial charge is 0.160 e. The van der Waals surface area contributed by atoms with Crippen molar-refractivity contribution in [3.63, 3.8) is 0 Å². The maximum Gasteiger partial charge on any atom is 0.160 e. The maximum absolute atomic E-state index is 5.12. The minimum absolute atomic E-state index is 0.704. The quantitative estimate of drug-likeness (QED) is 0.169. The van der Waals surface area contributed by atoms with Gasteiger partial charge in [-0.2, -0.15) is 0 Å². The van der Waals surface area contributed by atoms with Crippen LogP contribution in [0.1, 0.15) is 0 Å². The number of aromatic nitrogens is 3. The summed E-state index contributed by atoms with van der Waals surface area (Å²) in [5.74, 6) is 0.704. The first kappa shape index (κ1) is 31.2. The summed E-state index contributed by atoms with van der Waals surface area (Å²) in [6.07, 6.45) is 0. The van der Waals surface area contributed by atoms with Crippen LogP contribution >= 0.6 is 11.3 Å². The van der Waals surface area contributed by atoms with Crippen molar-refractivity contribution >= 4 is 85.6 Å². The van der Waals surface area contributed by atoms with E-state index in [-0.39, 0.29) is 0 Å². The monoisotopic (exact) mass is 729 g/mol. The standard InChI is InChI=1S/C52H31N3S/c1-3-15-32(16-4-1)43-31-44(33-17-5-2-6-18-33)54-52(53-43)34-27-29-35(30-28-34)55-45-26-14-13-25-42(45)46-39-22-10-11-23-40(39)48-47-38-21-9-7-19-36(38)37-20-8-12-24-41(37)50(47)56-51(48)49(46)55/h1-31H. The van der Waals surface area contributed by atoms with Crippen molar-refractivity contribution in [3.05, 3.63) is 188 Å². The number of hydrogen-bond donors (Lipinski definition) is 0. The summed E-state index contributed by atoms with van der Waals surface area (Å²) in [5.41, 5.74) is 8.45. The summed E-state index contributed by atoms with van der Waals surface area (Å²) in [6.45, 7) is 0. The molecule has 3 heterocycles. The molecule has 9 aromatic carbocycles. The van der Waals surface area contributed by atoms with Gasteiger partial charge in [-0.1, -0.05) is 152 Å². The van der Waals surface area contributed by atoms with E-state index < -0.39 is 0 Å². The van der Waals surface area contributed by atoms with Crippen molar-refractivity contribution in [2.24, 2.45) is 0 Å². The highest BCUT2D eigenvalue weighted by Gasteiger charge is 2.24. The molecule has 0 spiro atoms. The molecule has 4 heteroatoms. The number of fused-ring (bicyclic) bond motifs is 15. The van der Waals surface area contributed by atoms with Gasteiger partial charge in [-0.05, 0) is 63.3 Å². The molecular weight excluding hydrogens is 699 g/mol. The first-order chi connectivity index (χ1) is 27.8. The van der Waals surface area contributed by atoms with Crippen LogP contribution in [0.15, 0.2) is 188 Å². The van der Waals surface area contributed by atoms with Crippen molar-refractivity contribution in [2.75, 3.05) is 0 Å². The van der Waals surface area contributed by atoms with Gasteiger partial charge in [0.25, 0.3) is 0 Å². The summed E-state index contributed by atoms with van der Waals surface area (Å²) in [4.78, 5) is 10.2. The Kier molecular flexibility index (Phi) is 6.80. The van der Waals surface area contributed by atoms with Gasteiger partial charge in [-0.15, -0.1) is 11.3 Å². The van der Waals surface area contributed by atoms with Crippen molar-refractivity contribution in [3.8, 4) is 39.6 Å². The zero-order chi connectivity index (χ0) is 36.7. The Morgan fingerprint density at radius 3 is 1.45 bits per heavy atom. The predicted octanol–water partition coefficient (Wildman–Crippen LogP) is 14.4. The molecule has 0 amide bonds. The molecule has 3 aromatic heterocycles. The van der Waals surface area contributed by atoms with E-state index in [0.29, 0.717) is 5.82 Å². The van der Waals surface area contributed by atoms with Gasteiger partial charge < -0.3 is 4.57 Å². The molecule has 260 valence electrons. The van der Waals surface area contributed by atoms with E-state index in [1.54, 1.807) is 0 Å². The second kappa shape index (κ2) is 12.2. The molecule has 12 rings (SSSR count). The Labute approximate surface area is 326 Å². The Morgan fingerprint density at radius 2 is 0.821 bits per heavy atom. The van der Waals surface area contributed by atoms with E-state index in [9.17, 15) is 0 Å². The molecule has 0 bridgehead atoms. The molecule has 0 saturated heterocycles. The molecular formula is C52H31N3S. The molecule has 0 unspecified atom stereocenters. The third-order valence-electron chi connectivity index (χ3n) is 11.4. The summed E-state index contributed by atoms with van der Waals surface area (Å²) in [7, 11) is 0. The summed E-state index contributed by atoms with van der Waals surface area (Å²) in [6, 6.07) is 67.4. The molecule has 0 radical (unpaired) electrons. The van der Waals surface area contributed by atoms with Gasteiger partial charge in [0.2, 0.25) is 0 Å². The van der Waals surface area contributed by atoms with Crippen LogP contribution in [-0.4, -0.2) is 14.5 Å². The molecule has 0 atom stereocenters. The normalized spacial score (nSPS) is 11.9. The average molecular weight is 730 g/mol. The van der Waals surface area contributed by atoms with Crippen molar-refractivity contribution in [1.29, 1.82) is 0 Å². The fraction of sp³-hybridized carbons (Fsp3) is 0. The van der Waals surface area contributed by atoms with Gasteiger partial charge in [0.1, 0.15) is 0 Å². The highest BCUT2D eigenvalue weighted by molar-refractivity contribution is 7.28. The topological polar surface area (TPSA) is 30.7 Å². The fourth-order valence-electron chi connectivity index (χ4n) is 8.92. The Hall–Kier alpha value is -7.14. The van der Waals surface area contributed by atoms with Gasteiger partial charge in [-0.3, -0.25) is 0 Å². The zero-order valence-electron chi connectivity index (χ0n) is 30.1. The number of para-hydroxylation sites is 1. The maximum atomic E-state index is 5.12. The van der Waals surface area contributed by atoms with Gasteiger partial charge in [0.15, 0.2) is 5.82 Å². The van der Waals surface area contributed by atoms with Crippen LogP contribution < -0.4 is 0 Å². The highest BCUT2D eigenvalue weighted by atomic mass is 32.1. The summed E-state index contributed by atoms with van der Waals surface area (Å²) >= 11 is 1.93. The fourth-order valence-corrected chi connectivity index (χ4v) is 10.3. The van der Waals surface area contributed by atoms with E-state index in [2.05, 4.69) is 180 Å². The molecule has 12 aromatic rings. The Bertz CT molecular complexity index is 3450. The van der Waals surface area contributed by atoms with Crippen LogP contribution in [0.5, 0.6) is 0 Å². The number of rotatable bonds is 4. The largest absolute Gasteiger partial charge is 0.308 e. The first-order valence-corrected chi connectivity index (χ1v) is 19.8. The van der Waals surface area contributed by atoms with Gasteiger partial charge in [0, 0.05) is 54.0 Å².